The van der Waals surface area contributed by atoms with E-state index >= 15 is 0 Å². The van der Waals surface area contributed by atoms with Crippen molar-refractivity contribution in [2.45, 2.75) is 58.0 Å². The van der Waals surface area contributed by atoms with Crippen LogP contribution in [0, 0.1) is 11.8 Å². The number of rotatable bonds is 4. The average molecular weight is 294 g/mol. The largest absolute Gasteiger partial charge is 0.349 e. The van der Waals surface area contributed by atoms with Crippen LogP contribution in [0.5, 0.6) is 0 Å². The minimum atomic E-state index is -1.18. The number of hydrogen-bond acceptors (Lipinski definition) is 3. The highest BCUT2D eigenvalue weighted by molar-refractivity contribution is 5.94. The molecule has 0 aliphatic heterocycles. The smallest absolute Gasteiger partial charge is 0.246 e. The molecule has 1 aliphatic carbocycles. The van der Waals surface area contributed by atoms with Gasteiger partial charge in [-0.2, -0.15) is 0 Å². The molecular weight excluding hydrogens is 268 g/mol. The van der Waals surface area contributed by atoms with Gasteiger partial charge in [-0.05, 0) is 46.0 Å². The summed E-state index contributed by atoms with van der Waals surface area (Å²) in [4.78, 5) is 35.9. The first-order valence-corrected chi connectivity index (χ1v) is 7.34. The standard InChI is InChI=1S/C16H26N2O3/c1-6-12-7-8-13(10-19)16(9-12,17-11(2)20)14(21)18-15(3,4)5/h6,10,12-13H,1,7-9H2,2-5H3,(H,17,20)(H,18,21)/t12-,13+,16+/m1/s1. The Morgan fingerprint density at radius 2 is 1.90 bits per heavy atom. The van der Waals surface area contributed by atoms with E-state index in [9.17, 15) is 14.4 Å². The Balaban J connectivity index is 3.20. The first kappa shape index (κ1) is 17.4. The zero-order chi connectivity index (χ0) is 16.3. The summed E-state index contributed by atoms with van der Waals surface area (Å²) >= 11 is 0. The van der Waals surface area contributed by atoms with Crippen molar-refractivity contribution in [1.29, 1.82) is 0 Å². The fourth-order valence-electron chi connectivity index (χ4n) is 2.92. The predicted octanol–water partition coefficient (Wildman–Crippen LogP) is 1.58. The van der Waals surface area contributed by atoms with Gasteiger partial charge in [-0.25, -0.2) is 0 Å². The zero-order valence-electron chi connectivity index (χ0n) is 13.4. The summed E-state index contributed by atoms with van der Waals surface area (Å²) in [5.74, 6) is -1.01. The van der Waals surface area contributed by atoms with E-state index in [1.54, 1.807) is 6.08 Å². The molecule has 0 aromatic heterocycles. The number of aldehydes is 1. The topological polar surface area (TPSA) is 75.3 Å². The number of nitrogens with one attached hydrogen (secondary N) is 2. The lowest BCUT2D eigenvalue weighted by Crippen LogP contribution is -2.67. The molecule has 0 aromatic rings. The number of carbonyl (C=O) groups is 3. The molecule has 5 heteroatoms. The lowest BCUT2D eigenvalue weighted by molar-refractivity contribution is -0.141. The van der Waals surface area contributed by atoms with Crippen LogP contribution < -0.4 is 10.6 Å². The van der Waals surface area contributed by atoms with Crippen molar-refractivity contribution in [2.75, 3.05) is 0 Å². The first-order valence-electron chi connectivity index (χ1n) is 7.34. The molecule has 0 heterocycles. The molecule has 0 aromatic carbocycles. The van der Waals surface area contributed by atoms with E-state index in [4.69, 9.17) is 0 Å². The lowest BCUT2D eigenvalue weighted by Gasteiger charge is -2.44. The zero-order valence-corrected chi connectivity index (χ0v) is 13.4. The Morgan fingerprint density at radius 3 is 2.33 bits per heavy atom. The molecule has 0 spiro atoms. The van der Waals surface area contributed by atoms with Gasteiger partial charge in [-0.15, -0.1) is 6.58 Å². The van der Waals surface area contributed by atoms with Gasteiger partial charge in [-0.3, -0.25) is 9.59 Å². The summed E-state index contributed by atoms with van der Waals surface area (Å²) in [7, 11) is 0. The molecule has 0 radical (unpaired) electrons. The molecule has 0 bridgehead atoms. The van der Waals surface area contributed by atoms with Crippen LogP contribution in [0.25, 0.3) is 0 Å². The van der Waals surface area contributed by atoms with Crippen LogP contribution in [-0.4, -0.2) is 29.2 Å². The highest BCUT2D eigenvalue weighted by atomic mass is 16.2. The maximum atomic E-state index is 12.8. The molecule has 2 N–H and O–H groups in total. The number of amides is 2. The van der Waals surface area contributed by atoms with Crippen LogP contribution in [0.2, 0.25) is 0 Å². The molecular formula is C16H26N2O3. The van der Waals surface area contributed by atoms with E-state index in [1.165, 1.54) is 6.92 Å². The van der Waals surface area contributed by atoms with Gasteiger partial charge in [0.1, 0.15) is 11.8 Å². The van der Waals surface area contributed by atoms with E-state index < -0.39 is 17.0 Å². The molecule has 0 unspecified atom stereocenters. The average Bonchev–Trinajstić information content (AvgIpc) is 2.35. The van der Waals surface area contributed by atoms with E-state index in [1.807, 2.05) is 20.8 Å². The van der Waals surface area contributed by atoms with Crippen molar-refractivity contribution in [3.05, 3.63) is 12.7 Å². The van der Waals surface area contributed by atoms with Crippen LogP contribution in [0.1, 0.15) is 47.0 Å². The van der Waals surface area contributed by atoms with Crippen molar-refractivity contribution >= 4 is 18.1 Å². The van der Waals surface area contributed by atoms with Crippen LogP contribution in [0.4, 0.5) is 0 Å². The van der Waals surface area contributed by atoms with Crippen molar-refractivity contribution in [3.8, 4) is 0 Å². The van der Waals surface area contributed by atoms with Gasteiger partial charge in [0.05, 0.1) is 0 Å². The van der Waals surface area contributed by atoms with Crippen LogP contribution in [0.15, 0.2) is 12.7 Å². The Hall–Kier alpha value is -1.65. The Labute approximate surface area is 126 Å². The minimum absolute atomic E-state index is 0.110. The molecule has 1 fully saturated rings. The summed E-state index contributed by atoms with van der Waals surface area (Å²) in [5, 5.41) is 5.65. The van der Waals surface area contributed by atoms with E-state index in [0.29, 0.717) is 12.8 Å². The normalized spacial score (nSPS) is 29.3. The van der Waals surface area contributed by atoms with Gasteiger partial charge in [0.15, 0.2) is 0 Å². The Morgan fingerprint density at radius 1 is 1.29 bits per heavy atom. The van der Waals surface area contributed by atoms with Gasteiger partial charge >= 0.3 is 0 Å². The maximum absolute atomic E-state index is 12.8. The highest BCUT2D eigenvalue weighted by Crippen LogP contribution is 2.37. The van der Waals surface area contributed by atoms with Crippen molar-refractivity contribution in [1.82, 2.24) is 10.6 Å². The third-order valence-corrected chi connectivity index (χ3v) is 3.86. The van der Waals surface area contributed by atoms with Crippen molar-refractivity contribution in [3.63, 3.8) is 0 Å². The summed E-state index contributed by atoms with van der Waals surface area (Å²) in [5.41, 5.74) is -1.62. The number of allylic oxidation sites excluding steroid dienone is 1. The second-order valence-corrected chi connectivity index (χ2v) is 6.88. The number of carbonyl (C=O) groups excluding carboxylic acids is 3. The van der Waals surface area contributed by atoms with Gasteiger partial charge in [-0.1, -0.05) is 6.08 Å². The third-order valence-electron chi connectivity index (χ3n) is 3.86. The molecule has 5 nitrogen and oxygen atoms in total. The summed E-state index contributed by atoms with van der Waals surface area (Å²) in [6.07, 6.45) is 4.36. The quantitative estimate of drug-likeness (QED) is 0.610. The van der Waals surface area contributed by atoms with E-state index in [2.05, 4.69) is 17.2 Å². The minimum Gasteiger partial charge on any atom is -0.349 e. The summed E-state index contributed by atoms with van der Waals surface area (Å²) in [6.45, 7) is 10.8. The fourth-order valence-corrected chi connectivity index (χ4v) is 2.92. The Kier molecular flexibility index (Phi) is 5.31. The summed E-state index contributed by atoms with van der Waals surface area (Å²) < 4.78 is 0. The first-order chi connectivity index (χ1) is 9.64. The molecule has 1 saturated carbocycles. The number of hydrogen-bond donors (Lipinski definition) is 2. The van der Waals surface area contributed by atoms with E-state index in [0.717, 1.165) is 12.7 Å². The fraction of sp³-hybridized carbons (Fsp3) is 0.688. The second-order valence-electron chi connectivity index (χ2n) is 6.88. The lowest BCUT2D eigenvalue weighted by atomic mass is 9.68. The SMILES string of the molecule is C=C[C@@H]1CC[C@@H](C=O)[C@](NC(C)=O)(C(=O)NC(C)(C)C)C1. The van der Waals surface area contributed by atoms with Crippen LogP contribution >= 0.6 is 0 Å². The van der Waals surface area contributed by atoms with Gasteiger partial charge in [0.25, 0.3) is 0 Å². The molecule has 1 aliphatic rings. The van der Waals surface area contributed by atoms with Crippen LogP contribution in [-0.2, 0) is 14.4 Å². The van der Waals surface area contributed by atoms with Crippen LogP contribution in [0.3, 0.4) is 0 Å². The van der Waals surface area contributed by atoms with Gasteiger partial charge in [0, 0.05) is 18.4 Å². The third kappa shape index (κ3) is 4.16. The maximum Gasteiger partial charge on any atom is 0.246 e. The molecule has 2 amide bonds. The molecule has 0 saturated heterocycles. The molecule has 118 valence electrons. The van der Waals surface area contributed by atoms with E-state index in [-0.39, 0.29) is 17.7 Å². The van der Waals surface area contributed by atoms with Crippen molar-refractivity contribution < 1.29 is 14.4 Å². The van der Waals surface area contributed by atoms with Gasteiger partial charge in [0.2, 0.25) is 11.8 Å². The Bertz CT molecular complexity index is 439. The predicted molar refractivity (Wildman–Crippen MR) is 81.5 cm³/mol. The highest BCUT2D eigenvalue weighted by Gasteiger charge is 2.50. The van der Waals surface area contributed by atoms with Crippen molar-refractivity contribution in [2.24, 2.45) is 11.8 Å². The van der Waals surface area contributed by atoms with Gasteiger partial charge < -0.3 is 15.4 Å². The molecule has 1 rings (SSSR count). The molecule has 21 heavy (non-hydrogen) atoms. The second kappa shape index (κ2) is 6.41. The molecule has 3 atom stereocenters. The summed E-state index contributed by atoms with van der Waals surface area (Å²) in [6, 6.07) is 0. The monoisotopic (exact) mass is 294 g/mol.